The topological polar surface area (TPSA) is 120 Å². The van der Waals surface area contributed by atoms with Crippen LogP contribution >= 0.6 is 11.3 Å². The average molecular weight is 1650 g/mol. The van der Waals surface area contributed by atoms with Gasteiger partial charge < -0.3 is 14.2 Å². The average Bonchev–Trinajstić information content (AvgIpc) is 1.53. The molecule has 0 saturated carbocycles. The zero-order valence-corrected chi connectivity index (χ0v) is 69.5. The normalized spacial score (nSPS) is 12.0. The second-order valence-corrected chi connectivity index (χ2v) is 36.4. The molecule has 3 aliphatic rings. The van der Waals surface area contributed by atoms with Crippen LogP contribution in [0.3, 0.4) is 0 Å². The number of hydrogen-bond acceptors (Lipinski definition) is 10. The standard InChI is InChI=1S/C43H30N2OSi.C37H22N4O.C32H19N3OS/c1-5-15-32(16-6-1)43-44-38-24-14-26-40-41(38)45(43)39-25-13-23-37(42(39)46-40)31-27-29-36(30-28-31)47(33-17-7-2-8-18-33,34-19-9-3-10-20-34)35-21-11-4-12-22-35;1-2-7-27(8-3-1)37-40-30-11-5-13-32-35(30)41(37)31-12-4-10-28(36(31)42-32)23-14-16-24(17-15-23)29-21-20-26-19-18-25-9-6-22-38-33(25)34(26)39-29;1-2-8-21(9-3-1)31-33-25-12-7-14-27-29(25)35(31)26-13-6-10-23(30(26)36-27)20-16-18-22(19-17-20)32-34-24-11-4-5-15-28(24)37-32/h1-30H;1-22H;1-19H. The molecule has 12 nitrogen and oxygen atoms in total. The van der Waals surface area contributed by atoms with E-state index in [-0.39, 0.29) is 0 Å². The Morgan fingerprint density at radius 2 is 0.587 bits per heavy atom. The molecule has 0 radical (unpaired) electrons. The van der Waals surface area contributed by atoms with E-state index in [1.165, 1.54) is 25.4 Å². The number of para-hydroxylation sites is 7. The fourth-order valence-corrected chi connectivity index (χ4v) is 24.2. The van der Waals surface area contributed by atoms with Crippen LogP contribution in [-0.4, -0.2) is 51.7 Å². The molecule has 0 aliphatic carbocycles. The fourth-order valence-electron chi connectivity index (χ4n) is 18.5. The smallest absolute Gasteiger partial charge is 0.179 e. The van der Waals surface area contributed by atoms with Gasteiger partial charge in [-0.25, -0.2) is 24.9 Å². The van der Waals surface area contributed by atoms with Crippen LogP contribution in [0.1, 0.15) is 0 Å². The molecule has 0 N–H and O–H groups in total. The van der Waals surface area contributed by atoms with Crippen molar-refractivity contribution in [3.8, 4) is 141 Å². The van der Waals surface area contributed by atoms with E-state index in [1.807, 2.05) is 109 Å². The number of benzene rings is 17. The van der Waals surface area contributed by atoms with Gasteiger partial charge >= 0.3 is 0 Å². The third-order valence-electron chi connectivity index (χ3n) is 24.3. The highest BCUT2D eigenvalue weighted by Gasteiger charge is 2.42. The van der Waals surface area contributed by atoms with E-state index in [2.05, 4.69) is 340 Å². The van der Waals surface area contributed by atoms with Gasteiger partial charge in [0.2, 0.25) is 0 Å². The third kappa shape index (κ3) is 12.4. The van der Waals surface area contributed by atoms with Crippen molar-refractivity contribution >= 4 is 105 Å². The molecule has 0 saturated heterocycles. The number of aromatic nitrogens is 9. The van der Waals surface area contributed by atoms with Crippen molar-refractivity contribution in [2.24, 2.45) is 0 Å². The summed E-state index contributed by atoms with van der Waals surface area (Å²) in [5.41, 5.74) is 24.3. The molecular formula is C112H71N9O3SSi. The molecule has 9 heterocycles. The lowest BCUT2D eigenvalue weighted by atomic mass is 10.00. The number of rotatable bonds is 12. The molecule has 0 fully saturated rings. The lowest BCUT2D eigenvalue weighted by Crippen LogP contribution is -2.74. The van der Waals surface area contributed by atoms with Crippen molar-refractivity contribution in [3.63, 3.8) is 0 Å². The van der Waals surface area contributed by atoms with Crippen LogP contribution in [0.2, 0.25) is 0 Å². The fraction of sp³-hybridized carbons (Fsp3) is 0. The van der Waals surface area contributed by atoms with Gasteiger partial charge in [0, 0.05) is 61.5 Å². The van der Waals surface area contributed by atoms with Crippen molar-refractivity contribution in [3.05, 3.63) is 431 Å². The summed E-state index contributed by atoms with van der Waals surface area (Å²) in [5, 5.41) is 8.62. The van der Waals surface area contributed by atoms with Crippen molar-refractivity contribution in [2.75, 3.05) is 0 Å². The summed E-state index contributed by atoms with van der Waals surface area (Å²) in [6, 6.07) is 149. The summed E-state index contributed by atoms with van der Waals surface area (Å²) in [4.78, 5) is 29.5. The Kier molecular flexibility index (Phi) is 17.8. The molecule has 6 aromatic heterocycles. The van der Waals surface area contributed by atoms with Gasteiger partial charge in [0.25, 0.3) is 0 Å². The van der Waals surface area contributed by atoms with E-state index in [4.69, 9.17) is 39.1 Å². The van der Waals surface area contributed by atoms with E-state index in [0.717, 1.165) is 201 Å². The lowest BCUT2D eigenvalue weighted by molar-refractivity contribution is 0.477. The maximum atomic E-state index is 6.74. The molecule has 0 spiro atoms. The Labute approximate surface area is 729 Å². The molecule has 3 aliphatic heterocycles. The molecule has 23 aromatic rings. The number of ether oxygens (including phenoxy) is 3. The molecule has 26 rings (SSSR count). The Hall–Kier alpha value is -16.5. The first-order chi connectivity index (χ1) is 62.5. The minimum atomic E-state index is -2.61. The highest BCUT2D eigenvalue weighted by Crippen LogP contribution is 2.52. The van der Waals surface area contributed by atoms with Gasteiger partial charge in [0.1, 0.15) is 39.0 Å². The van der Waals surface area contributed by atoms with Crippen LogP contribution in [0.15, 0.2) is 431 Å². The van der Waals surface area contributed by atoms with Crippen molar-refractivity contribution in [2.45, 2.75) is 0 Å². The largest absolute Gasteiger partial charge is 0.452 e. The highest BCUT2D eigenvalue weighted by atomic mass is 32.1. The predicted molar refractivity (Wildman–Crippen MR) is 514 cm³/mol. The van der Waals surface area contributed by atoms with Gasteiger partial charge in [0.15, 0.2) is 42.6 Å². The van der Waals surface area contributed by atoms with E-state index in [1.54, 1.807) is 11.3 Å². The van der Waals surface area contributed by atoms with Gasteiger partial charge in [-0.05, 0) is 116 Å². The first-order valence-corrected chi connectivity index (χ1v) is 44.9. The molecule has 0 atom stereocenters. The number of imidazole rings is 3. The second kappa shape index (κ2) is 30.6. The quantitative estimate of drug-likeness (QED) is 0.0669. The van der Waals surface area contributed by atoms with Crippen LogP contribution in [0.25, 0.3) is 172 Å². The van der Waals surface area contributed by atoms with Crippen LogP contribution in [0.5, 0.6) is 34.5 Å². The maximum absolute atomic E-state index is 6.74. The molecular weight excluding hydrogens is 1580 g/mol. The van der Waals surface area contributed by atoms with E-state index in [9.17, 15) is 0 Å². The summed E-state index contributed by atoms with van der Waals surface area (Å²) in [6.07, 6.45) is 1.82. The molecule has 17 aromatic carbocycles. The number of nitrogens with zero attached hydrogens (tertiary/aromatic N) is 9. The van der Waals surface area contributed by atoms with Crippen LogP contribution in [0.4, 0.5) is 0 Å². The van der Waals surface area contributed by atoms with Crippen molar-refractivity contribution in [1.82, 2.24) is 43.6 Å². The summed E-state index contributed by atoms with van der Waals surface area (Å²) in [7, 11) is -2.61. The second-order valence-electron chi connectivity index (χ2n) is 31.5. The lowest BCUT2D eigenvalue weighted by Gasteiger charge is -2.34. The van der Waals surface area contributed by atoms with E-state index < -0.39 is 8.07 Å². The van der Waals surface area contributed by atoms with Gasteiger partial charge in [0.05, 0.1) is 60.6 Å². The summed E-state index contributed by atoms with van der Waals surface area (Å²) in [5.74, 6) is 7.67. The molecule has 14 heteroatoms. The van der Waals surface area contributed by atoms with Crippen LogP contribution in [-0.2, 0) is 0 Å². The minimum absolute atomic E-state index is 0.806. The van der Waals surface area contributed by atoms with Crippen molar-refractivity contribution < 1.29 is 14.2 Å². The SMILES string of the molecule is c1ccc(-c2nc3cccc4c3n2-c2cccc(-c3ccc(-c5ccc6ccc7cccnc7c6n5)cc3)c2O4)cc1.c1ccc(-c2nc3cccc4c3n2-c2cccc(-c3ccc(-c5nc6ccccc6s5)cc3)c2O4)cc1.c1ccc(-c2nc3cccc4c3n2-c2cccc(-c3ccc([Si](c5ccccc5)(c5ccccc5)c5ccccc5)cc3)c2O4)cc1. The number of pyridine rings is 2. The Morgan fingerprint density at radius 3 is 1.02 bits per heavy atom. The molecule has 126 heavy (non-hydrogen) atoms. The van der Waals surface area contributed by atoms with Crippen LogP contribution in [0, 0.1) is 0 Å². The van der Waals surface area contributed by atoms with E-state index >= 15 is 0 Å². The summed E-state index contributed by atoms with van der Waals surface area (Å²) >= 11 is 1.72. The van der Waals surface area contributed by atoms with Gasteiger partial charge in [-0.15, -0.1) is 11.3 Å². The molecule has 0 unspecified atom stereocenters. The first-order valence-electron chi connectivity index (χ1n) is 42.1. The minimum Gasteiger partial charge on any atom is -0.452 e. The number of fused-ring (bicyclic) bond motifs is 10. The molecule has 592 valence electrons. The monoisotopic (exact) mass is 1650 g/mol. The Bertz CT molecular complexity index is 8020. The van der Waals surface area contributed by atoms with Gasteiger partial charge in [-0.1, -0.05) is 346 Å². The zero-order valence-electron chi connectivity index (χ0n) is 67.6. The third-order valence-corrected chi connectivity index (χ3v) is 30.1. The zero-order chi connectivity index (χ0) is 83.2. The Morgan fingerprint density at radius 1 is 0.238 bits per heavy atom. The van der Waals surface area contributed by atoms with Crippen molar-refractivity contribution in [1.29, 1.82) is 0 Å². The number of thiazole rings is 1. The highest BCUT2D eigenvalue weighted by molar-refractivity contribution is 7.21. The Balaban J connectivity index is 0.000000106. The van der Waals surface area contributed by atoms with Gasteiger partial charge in [-0.2, -0.15) is 0 Å². The summed E-state index contributed by atoms with van der Waals surface area (Å²) in [6.45, 7) is 0. The molecule has 0 amide bonds. The van der Waals surface area contributed by atoms with Gasteiger partial charge in [-0.3, -0.25) is 18.7 Å². The molecule has 0 bridgehead atoms. The van der Waals surface area contributed by atoms with Crippen LogP contribution < -0.4 is 35.0 Å². The summed E-state index contributed by atoms with van der Waals surface area (Å²) < 4.78 is 27.8. The maximum Gasteiger partial charge on any atom is 0.179 e. The van der Waals surface area contributed by atoms with E-state index in [0.29, 0.717) is 0 Å². The predicted octanol–water partition coefficient (Wildman–Crippen LogP) is 25.8. The first kappa shape index (κ1) is 73.4. The number of hydrogen-bond donors (Lipinski definition) is 0.